The zero-order chi connectivity index (χ0) is 21.9. The van der Waals surface area contributed by atoms with E-state index in [-0.39, 0.29) is 33.1 Å². The van der Waals surface area contributed by atoms with Crippen LogP contribution in [-0.2, 0) is 10.0 Å². The lowest BCUT2D eigenvalue weighted by molar-refractivity contribution is 0.0940. The number of benzene rings is 3. The summed E-state index contributed by atoms with van der Waals surface area (Å²) < 4.78 is 40.5. The number of hydrogen-bond donors (Lipinski definition) is 2. The van der Waals surface area contributed by atoms with Crippen molar-refractivity contribution in [3.63, 3.8) is 0 Å². The SMILES string of the molecule is Cc1ccc(C(C)NC(=O)c2ccc(Cl)c(NS(=O)(=O)c3ccc(F)cc3)c2)cc1. The van der Waals surface area contributed by atoms with Crippen LogP contribution in [0.25, 0.3) is 0 Å². The first-order chi connectivity index (χ1) is 14.2. The van der Waals surface area contributed by atoms with Gasteiger partial charge in [-0.2, -0.15) is 0 Å². The van der Waals surface area contributed by atoms with Crippen molar-refractivity contribution in [3.05, 3.63) is 94.3 Å². The Morgan fingerprint density at radius 2 is 1.63 bits per heavy atom. The summed E-state index contributed by atoms with van der Waals surface area (Å²) in [6.07, 6.45) is 0. The first kappa shape index (κ1) is 21.8. The number of halogens is 2. The number of carbonyl (C=O) groups excluding carboxylic acids is 1. The highest BCUT2D eigenvalue weighted by molar-refractivity contribution is 7.92. The van der Waals surface area contributed by atoms with Crippen molar-refractivity contribution in [1.82, 2.24) is 5.32 Å². The highest BCUT2D eigenvalue weighted by Gasteiger charge is 2.18. The number of rotatable bonds is 6. The fourth-order valence-electron chi connectivity index (χ4n) is 2.78. The van der Waals surface area contributed by atoms with Crippen LogP contribution in [0, 0.1) is 12.7 Å². The van der Waals surface area contributed by atoms with Gasteiger partial charge < -0.3 is 5.32 Å². The van der Waals surface area contributed by atoms with Gasteiger partial charge in [-0.3, -0.25) is 9.52 Å². The molecule has 0 radical (unpaired) electrons. The number of amides is 1. The number of aryl methyl sites for hydroxylation is 1. The summed E-state index contributed by atoms with van der Waals surface area (Å²) in [5.41, 5.74) is 2.36. The summed E-state index contributed by atoms with van der Waals surface area (Å²) in [7, 11) is -4.00. The van der Waals surface area contributed by atoms with Crippen LogP contribution >= 0.6 is 11.6 Å². The molecule has 0 aliphatic heterocycles. The predicted octanol–water partition coefficient (Wildman–Crippen LogP) is 5.08. The Hall–Kier alpha value is -2.90. The lowest BCUT2D eigenvalue weighted by Crippen LogP contribution is -2.26. The molecule has 0 bridgehead atoms. The van der Waals surface area contributed by atoms with E-state index in [2.05, 4.69) is 10.0 Å². The molecule has 0 aliphatic carbocycles. The van der Waals surface area contributed by atoms with Gasteiger partial charge in [-0.25, -0.2) is 12.8 Å². The molecule has 2 N–H and O–H groups in total. The van der Waals surface area contributed by atoms with Crippen molar-refractivity contribution in [2.45, 2.75) is 24.8 Å². The van der Waals surface area contributed by atoms with Crippen molar-refractivity contribution in [3.8, 4) is 0 Å². The topological polar surface area (TPSA) is 75.3 Å². The van der Waals surface area contributed by atoms with Crippen molar-refractivity contribution in [2.24, 2.45) is 0 Å². The van der Waals surface area contributed by atoms with Gasteiger partial charge in [0, 0.05) is 5.56 Å². The smallest absolute Gasteiger partial charge is 0.261 e. The quantitative estimate of drug-likeness (QED) is 0.554. The van der Waals surface area contributed by atoms with Crippen LogP contribution in [0.3, 0.4) is 0 Å². The van der Waals surface area contributed by atoms with Crippen LogP contribution in [0.1, 0.15) is 34.5 Å². The molecular formula is C22H20ClFN2O3S. The van der Waals surface area contributed by atoms with E-state index in [1.54, 1.807) is 0 Å². The Labute approximate surface area is 179 Å². The molecule has 1 unspecified atom stereocenters. The first-order valence-corrected chi connectivity index (χ1v) is 11.0. The molecule has 5 nitrogen and oxygen atoms in total. The molecule has 1 amide bonds. The minimum absolute atomic E-state index is 0.0524. The minimum atomic E-state index is -4.00. The van der Waals surface area contributed by atoms with Gasteiger partial charge >= 0.3 is 0 Å². The molecule has 1 atom stereocenters. The number of carbonyl (C=O) groups is 1. The van der Waals surface area contributed by atoms with Gasteiger partial charge in [-0.1, -0.05) is 41.4 Å². The molecule has 0 aromatic heterocycles. The summed E-state index contributed by atoms with van der Waals surface area (Å²) in [6.45, 7) is 3.84. The maximum absolute atomic E-state index is 13.1. The first-order valence-electron chi connectivity index (χ1n) is 9.11. The van der Waals surface area contributed by atoms with E-state index < -0.39 is 15.8 Å². The average molecular weight is 447 g/mol. The Balaban J connectivity index is 1.79. The number of hydrogen-bond acceptors (Lipinski definition) is 3. The van der Waals surface area contributed by atoms with Crippen molar-refractivity contribution in [2.75, 3.05) is 4.72 Å². The summed E-state index contributed by atoms with van der Waals surface area (Å²) in [6, 6.07) is 16.2. The third-order valence-corrected chi connectivity index (χ3v) is 6.23. The molecule has 0 spiro atoms. The number of nitrogens with one attached hydrogen (secondary N) is 2. The van der Waals surface area contributed by atoms with Gasteiger partial charge in [0.2, 0.25) is 0 Å². The molecule has 8 heteroatoms. The van der Waals surface area contributed by atoms with Crippen LogP contribution < -0.4 is 10.0 Å². The Bertz CT molecular complexity index is 1160. The normalized spacial score (nSPS) is 12.3. The molecule has 0 heterocycles. The third kappa shape index (κ3) is 5.17. The Morgan fingerprint density at radius 3 is 2.27 bits per heavy atom. The summed E-state index contributed by atoms with van der Waals surface area (Å²) >= 11 is 6.12. The fourth-order valence-corrected chi connectivity index (χ4v) is 4.07. The van der Waals surface area contributed by atoms with Gasteiger partial charge in [0.05, 0.1) is 21.6 Å². The van der Waals surface area contributed by atoms with E-state index in [0.29, 0.717) is 0 Å². The van der Waals surface area contributed by atoms with Crippen LogP contribution in [0.15, 0.2) is 71.6 Å². The molecule has 3 aromatic carbocycles. The molecular weight excluding hydrogens is 427 g/mol. The van der Waals surface area contributed by atoms with Crippen molar-refractivity contribution >= 4 is 33.2 Å². The second-order valence-electron chi connectivity index (χ2n) is 6.86. The molecule has 156 valence electrons. The maximum Gasteiger partial charge on any atom is 0.261 e. The van der Waals surface area contributed by atoms with E-state index in [1.165, 1.54) is 18.2 Å². The number of sulfonamides is 1. The van der Waals surface area contributed by atoms with E-state index in [9.17, 15) is 17.6 Å². The van der Waals surface area contributed by atoms with E-state index in [4.69, 9.17) is 11.6 Å². The van der Waals surface area contributed by atoms with Gasteiger partial charge in [-0.05, 0) is 61.9 Å². The predicted molar refractivity (Wildman–Crippen MR) is 116 cm³/mol. The molecule has 0 saturated heterocycles. The monoisotopic (exact) mass is 446 g/mol. The maximum atomic E-state index is 13.1. The highest BCUT2D eigenvalue weighted by atomic mass is 35.5. The fraction of sp³-hybridized carbons (Fsp3) is 0.136. The minimum Gasteiger partial charge on any atom is -0.346 e. The van der Waals surface area contributed by atoms with Crippen LogP contribution in [0.5, 0.6) is 0 Å². The molecule has 3 rings (SSSR count). The van der Waals surface area contributed by atoms with Crippen LogP contribution in [0.4, 0.5) is 10.1 Å². The van der Waals surface area contributed by atoms with Gasteiger partial charge in [0.1, 0.15) is 5.82 Å². The molecule has 0 saturated carbocycles. The second-order valence-corrected chi connectivity index (χ2v) is 8.95. The molecule has 30 heavy (non-hydrogen) atoms. The summed E-state index contributed by atoms with van der Waals surface area (Å²) in [4.78, 5) is 12.5. The van der Waals surface area contributed by atoms with Gasteiger partial charge in [-0.15, -0.1) is 0 Å². The lowest BCUT2D eigenvalue weighted by atomic mass is 10.1. The van der Waals surface area contributed by atoms with Gasteiger partial charge in [0.25, 0.3) is 15.9 Å². The lowest BCUT2D eigenvalue weighted by Gasteiger charge is -2.16. The largest absolute Gasteiger partial charge is 0.346 e. The summed E-state index contributed by atoms with van der Waals surface area (Å²) in [5, 5.41) is 3.01. The average Bonchev–Trinajstić information content (AvgIpc) is 2.70. The zero-order valence-corrected chi connectivity index (χ0v) is 17.9. The zero-order valence-electron chi connectivity index (χ0n) is 16.3. The third-order valence-electron chi connectivity index (χ3n) is 4.52. The summed E-state index contributed by atoms with van der Waals surface area (Å²) in [5.74, 6) is -0.921. The Morgan fingerprint density at radius 1 is 1.00 bits per heavy atom. The van der Waals surface area contributed by atoms with Crippen molar-refractivity contribution in [1.29, 1.82) is 0 Å². The van der Waals surface area contributed by atoms with Crippen LogP contribution in [-0.4, -0.2) is 14.3 Å². The highest BCUT2D eigenvalue weighted by Crippen LogP contribution is 2.26. The van der Waals surface area contributed by atoms with E-state index in [1.807, 2.05) is 38.1 Å². The molecule has 0 fully saturated rings. The van der Waals surface area contributed by atoms with Gasteiger partial charge in [0.15, 0.2) is 0 Å². The number of anilines is 1. The second kappa shape index (κ2) is 8.85. The molecule has 3 aromatic rings. The van der Waals surface area contributed by atoms with Crippen molar-refractivity contribution < 1.29 is 17.6 Å². The van der Waals surface area contributed by atoms with Crippen LogP contribution in [0.2, 0.25) is 5.02 Å². The van der Waals surface area contributed by atoms with E-state index >= 15 is 0 Å². The van der Waals surface area contributed by atoms with E-state index in [0.717, 1.165) is 35.4 Å². The Kier molecular flexibility index (Phi) is 6.43. The standard InChI is InChI=1S/C22H20ClFN2O3S/c1-14-3-5-16(6-4-14)15(2)25-22(27)17-7-12-20(23)21(13-17)26-30(28,29)19-10-8-18(24)9-11-19/h3-13,15,26H,1-2H3,(H,25,27). The molecule has 0 aliphatic rings.